The topological polar surface area (TPSA) is 129 Å². The normalized spacial score (nSPS) is 14.3. The van der Waals surface area contributed by atoms with E-state index in [1.54, 1.807) is 0 Å². The zero-order chi connectivity index (χ0) is 13.3. The van der Waals surface area contributed by atoms with Gasteiger partial charge in [-0.3, -0.25) is 0 Å². The molecule has 0 bridgehead atoms. The molecule has 9 heteroatoms. The summed E-state index contributed by atoms with van der Waals surface area (Å²) in [6, 6.07) is 5.06. The van der Waals surface area contributed by atoms with Crippen LogP contribution in [0.1, 0.15) is 6.92 Å². The van der Waals surface area contributed by atoms with Crippen LogP contribution in [0.5, 0.6) is 0 Å². The fraction of sp³-hybridized carbons (Fsp3) is 0.250. The van der Waals surface area contributed by atoms with Crippen LogP contribution < -0.4 is 10.5 Å². The summed E-state index contributed by atoms with van der Waals surface area (Å²) in [5.41, 5.74) is 0.310. The number of nitrogens with one attached hydrogen (secondary N) is 1. The molecule has 0 spiro atoms. The van der Waals surface area contributed by atoms with E-state index in [2.05, 4.69) is 5.32 Å². The van der Waals surface area contributed by atoms with E-state index in [9.17, 15) is 21.4 Å². The van der Waals surface area contributed by atoms with Crippen LogP contribution in [0.3, 0.4) is 0 Å². The second-order valence-electron chi connectivity index (χ2n) is 3.35. The minimum absolute atomic E-state index is 0.0966. The van der Waals surface area contributed by atoms with Crippen LogP contribution in [0.4, 0.5) is 5.69 Å². The van der Waals surface area contributed by atoms with Crippen LogP contribution in [0.2, 0.25) is 0 Å². The van der Waals surface area contributed by atoms with Crippen molar-refractivity contribution in [3.05, 3.63) is 24.3 Å². The second-order valence-corrected chi connectivity index (χ2v) is 6.60. The number of hydrogen-bond donors (Lipinski definition) is 2. The monoisotopic (exact) mass is 279 g/mol. The lowest BCUT2D eigenvalue weighted by Gasteiger charge is -2.18. The largest absolute Gasteiger partial charge is 0.746 e. The zero-order valence-corrected chi connectivity index (χ0v) is 10.5. The smallest absolute Gasteiger partial charge is 0.238 e. The van der Waals surface area contributed by atoms with E-state index in [1.165, 1.54) is 31.2 Å². The molecule has 1 rings (SSSR count). The predicted octanol–water partition coefficient (Wildman–Crippen LogP) is -0.363. The standard InChI is InChI=1S/C8H12N2O5S2/c1-6(17(13,14)15)10-7-2-4-8(5-3-7)16(9,11)12/h2-6,10H,1H3,(H2,9,11,12)(H,13,14,15)/p-1. The van der Waals surface area contributed by atoms with Crippen molar-refractivity contribution in [1.82, 2.24) is 0 Å². The zero-order valence-electron chi connectivity index (χ0n) is 8.82. The highest BCUT2D eigenvalue weighted by atomic mass is 32.2. The maximum atomic E-state index is 10.9. The van der Waals surface area contributed by atoms with Crippen molar-refractivity contribution in [2.75, 3.05) is 5.32 Å². The molecule has 1 aromatic carbocycles. The first-order valence-corrected chi connectivity index (χ1v) is 7.46. The van der Waals surface area contributed by atoms with Gasteiger partial charge in [0.2, 0.25) is 10.0 Å². The molecule has 17 heavy (non-hydrogen) atoms. The molecule has 7 nitrogen and oxygen atoms in total. The van der Waals surface area contributed by atoms with Gasteiger partial charge in [-0.2, -0.15) is 0 Å². The molecule has 0 aliphatic heterocycles. The van der Waals surface area contributed by atoms with Gasteiger partial charge < -0.3 is 9.87 Å². The molecule has 0 amide bonds. The number of benzene rings is 1. The summed E-state index contributed by atoms with van der Waals surface area (Å²) >= 11 is 0. The van der Waals surface area contributed by atoms with Gasteiger partial charge in [0, 0.05) is 5.69 Å². The van der Waals surface area contributed by atoms with Crippen LogP contribution in [-0.4, -0.2) is 26.8 Å². The molecular weight excluding hydrogens is 268 g/mol. The van der Waals surface area contributed by atoms with E-state index in [0.717, 1.165) is 0 Å². The van der Waals surface area contributed by atoms with Crippen molar-refractivity contribution in [2.24, 2.45) is 5.14 Å². The minimum atomic E-state index is -4.44. The average Bonchev–Trinajstić information content (AvgIpc) is 2.15. The molecule has 0 saturated heterocycles. The number of anilines is 1. The minimum Gasteiger partial charge on any atom is -0.746 e. The number of sulfonamides is 1. The summed E-state index contributed by atoms with van der Waals surface area (Å²) in [4.78, 5) is -0.0966. The van der Waals surface area contributed by atoms with E-state index in [0.29, 0.717) is 5.69 Å². The molecule has 1 atom stereocenters. The molecule has 0 radical (unpaired) electrons. The highest BCUT2D eigenvalue weighted by molar-refractivity contribution is 7.89. The summed E-state index contributed by atoms with van der Waals surface area (Å²) in [6.45, 7) is 1.19. The molecular formula is C8H11N2O5S2-. The molecule has 1 unspecified atom stereocenters. The summed E-state index contributed by atoms with van der Waals surface area (Å²) in [5.74, 6) is 0. The van der Waals surface area contributed by atoms with Crippen LogP contribution in [0.25, 0.3) is 0 Å². The number of nitrogens with two attached hydrogens (primary N) is 1. The van der Waals surface area contributed by atoms with Crippen LogP contribution in [-0.2, 0) is 20.1 Å². The Morgan fingerprint density at radius 3 is 2.00 bits per heavy atom. The van der Waals surface area contributed by atoms with Gasteiger partial charge in [-0.1, -0.05) is 0 Å². The highest BCUT2D eigenvalue weighted by Gasteiger charge is 2.10. The van der Waals surface area contributed by atoms with E-state index < -0.39 is 25.5 Å². The fourth-order valence-corrected chi connectivity index (χ4v) is 1.84. The summed E-state index contributed by atoms with van der Waals surface area (Å²) in [7, 11) is -8.23. The Morgan fingerprint density at radius 2 is 1.65 bits per heavy atom. The molecule has 0 aliphatic rings. The lowest BCUT2D eigenvalue weighted by Crippen LogP contribution is -2.25. The van der Waals surface area contributed by atoms with Crippen molar-refractivity contribution in [2.45, 2.75) is 17.2 Å². The second kappa shape index (κ2) is 4.61. The van der Waals surface area contributed by atoms with Crippen molar-refractivity contribution in [3.63, 3.8) is 0 Å². The lowest BCUT2D eigenvalue weighted by atomic mass is 10.3. The molecule has 96 valence electrons. The first kappa shape index (κ1) is 13.9. The first-order valence-electron chi connectivity index (χ1n) is 4.45. The van der Waals surface area contributed by atoms with E-state index in [-0.39, 0.29) is 4.90 Å². The van der Waals surface area contributed by atoms with Crippen LogP contribution >= 0.6 is 0 Å². The molecule has 0 aliphatic carbocycles. The molecule has 1 aromatic rings. The molecule has 3 N–H and O–H groups in total. The van der Waals surface area contributed by atoms with Gasteiger partial charge in [0.1, 0.15) is 15.5 Å². The fourth-order valence-electron chi connectivity index (χ4n) is 1.05. The SMILES string of the molecule is CC(Nc1ccc(S(N)(=O)=O)cc1)S(=O)(=O)[O-]. The Hall–Kier alpha value is -1.16. The Morgan fingerprint density at radius 1 is 1.18 bits per heavy atom. The maximum absolute atomic E-state index is 10.9. The third-order valence-electron chi connectivity index (χ3n) is 1.99. The van der Waals surface area contributed by atoms with Gasteiger partial charge >= 0.3 is 0 Å². The Labute approximate surface area is 99.4 Å². The van der Waals surface area contributed by atoms with E-state index in [1.807, 2.05) is 0 Å². The Bertz CT molecular complexity index is 591. The van der Waals surface area contributed by atoms with Crippen LogP contribution in [0, 0.1) is 0 Å². The first-order chi connectivity index (χ1) is 7.60. The number of primary sulfonamides is 1. The third kappa shape index (κ3) is 3.97. The number of rotatable bonds is 4. The Balaban J connectivity index is 2.91. The molecule has 0 aromatic heterocycles. The quantitative estimate of drug-likeness (QED) is 0.724. The van der Waals surface area contributed by atoms with Gasteiger partial charge in [0.05, 0.1) is 4.90 Å². The summed E-state index contributed by atoms with van der Waals surface area (Å²) in [5, 5.41) is 6.00. The molecule has 0 saturated carbocycles. The molecule has 0 fully saturated rings. The lowest BCUT2D eigenvalue weighted by molar-refractivity contribution is 0.455. The van der Waals surface area contributed by atoms with Gasteiger partial charge in [-0.25, -0.2) is 22.0 Å². The van der Waals surface area contributed by atoms with Gasteiger partial charge in [0.15, 0.2) is 0 Å². The van der Waals surface area contributed by atoms with Crippen LogP contribution in [0.15, 0.2) is 29.2 Å². The Kier molecular flexibility index (Phi) is 3.77. The summed E-state index contributed by atoms with van der Waals surface area (Å²) < 4.78 is 53.8. The summed E-state index contributed by atoms with van der Waals surface area (Å²) in [6.07, 6.45) is 0. The van der Waals surface area contributed by atoms with Crippen molar-refractivity contribution < 1.29 is 21.4 Å². The van der Waals surface area contributed by atoms with Gasteiger partial charge in [0.25, 0.3) is 0 Å². The third-order valence-corrected chi connectivity index (χ3v) is 3.90. The highest BCUT2D eigenvalue weighted by Crippen LogP contribution is 2.14. The van der Waals surface area contributed by atoms with Gasteiger partial charge in [-0.05, 0) is 31.2 Å². The van der Waals surface area contributed by atoms with E-state index >= 15 is 0 Å². The van der Waals surface area contributed by atoms with Crippen molar-refractivity contribution >= 4 is 25.8 Å². The molecule has 0 heterocycles. The van der Waals surface area contributed by atoms with Crippen molar-refractivity contribution in [1.29, 1.82) is 0 Å². The number of hydrogen-bond acceptors (Lipinski definition) is 6. The average molecular weight is 279 g/mol. The van der Waals surface area contributed by atoms with E-state index in [4.69, 9.17) is 5.14 Å². The van der Waals surface area contributed by atoms with Gasteiger partial charge in [-0.15, -0.1) is 0 Å². The predicted molar refractivity (Wildman–Crippen MR) is 60.6 cm³/mol. The van der Waals surface area contributed by atoms with Crippen molar-refractivity contribution in [3.8, 4) is 0 Å². The maximum Gasteiger partial charge on any atom is 0.238 e.